The number of nitrogens with zero attached hydrogens (tertiary/aromatic N) is 1. The van der Waals surface area contributed by atoms with E-state index in [1.54, 1.807) is 12.5 Å². The molecule has 5 heteroatoms. The molecule has 0 unspecified atom stereocenters. The first-order chi connectivity index (χ1) is 11.2. The van der Waals surface area contributed by atoms with Crippen molar-refractivity contribution in [3.63, 3.8) is 0 Å². The molecule has 0 aliphatic heterocycles. The van der Waals surface area contributed by atoms with Crippen molar-refractivity contribution in [2.24, 2.45) is 0 Å². The summed E-state index contributed by atoms with van der Waals surface area (Å²) in [4.78, 5) is 19.1. The third-order valence-electron chi connectivity index (χ3n) is 4.66. The smallest absolute Gasteiger partial charge is 0.220 e. The summed E-state index contributed by atoms with van der Waals surface area (Å²) in [7, 11) is 0. The second-order valence-corrected chi connectivity index (χ2v) is 6.32. The Kier molecular flexibility index (Phi) is 4.76. The average Bonchev–Trinajstić information content (AvgIpc) is 3.12. The van der Waals surface area contributed by atoms with Crippen LogP contribution in [0.25, 0.3) is 0 Å². The van der Waals surface area contributed by atoms with E-state index in [0.717, 1.165) is 25.0 Å². The van der Waals surface area contributed by atoms with Crippen molar-refractivity contribution in [2.45, 2.75) is 50.2 Å². The third-order valence-corrected chi connectivity index (χ3v) is 4.66. The molecule has 122 valence electrons. The van der Waals surface area contributed by atoms with Gasteiger partial charge in [0.25, 0.3) is 0 Å². The normalized spacial score (nSPS) is 24.3. The van der Waals surface area contributed by atoms with Gasteiger partial charge in [-0.2, -0.15) is 0 Å². The molecule has 0 radical (unpaired) electrons. The van der Waals surface area contributed by atoms with Crippen LogP contribution < -0.4 is 5.32 Å². The maximum Gasteiger partial charge on any atom is 0.220 e. The summed E-state index contributed by atoms with van der Waals surface area (Å²) in [5.74, 6) is 0.0887. The van der Waals surface area contributed by atoms with Gasteiger partial charge in [-0.05, 0) is 37.7 Å². The average molecular weight is 313 g/mol. The van der Waals surface area contributed by atoms with Crippen LogP contribution in [0.1, 0.15) is 43.4 Å². The Morgan fingerprint density at radius 3 is 2.70 bits per heavy atom. The van der Waals surface area contributed by atoms with Gasteiger partial charge in [0.2, 0.25) is 5.91 Å². The van der Waals surface area contributed by atoms with Crippen molar-refractivity contribution in [1.29, 1.82) is 0 Å². The van der Waals surface area contributed by atoms with Gasteiger partial charge in [-0.1, -0.05) is 30.3 Å². The molecule has 3 N–H and O–H groups in total. The van der Waals surface area contributed by atoms with Gasteiger partial charge in [-0.15, -0.1) is 0 Å². The first-order valence-electron chi connectivity index (χ1n) is 8.20. The van der Waals surface area contributed by atoms with Crippen molar-refractivity contribution >= 4 is 5.91 Å². The molecule has 1 aliphatic rings. The number of benzene rings is 1. The number of carbonyl (C=O) groups excluding carboxylic acids is 1. The Morgan fingerprint density at radius 1 is 1.30 bits per heavy atom. The lowest BCUT2D eigenvalue weighted by molar-refractivity contribution is -0.122. The largest absolute Gasteiger partial charge is 0.384 e. The van der Waals surface area contributed by atoms with Crippen molar-refractivity contribution in [2.75, 3.05) is 0 Å². The first-order valence-corrected chi connectivity index (χ1v) is 8.20. The summed E-state index contributed by atoms with van der Waals surface area (Å²) in [6.45, 7) is 0. The second-order valence-electron chi connectivity index (χ2n) is 6.32. The minimum atomic E-state index is -0.832. The summed E-state index contributed by atoms with van der Waals surface area (Å²) in [5.41, 5.74) is 1.12. The van der Waals surface area contributed by atoms with E-state index in [4.69, 9.17) is 0 Å². The number of imidazole rings is 1. The SMILES string of the molecule is O=C(CCc1ccccc1)NC1CCC(O)(c2cnc[nH]2)CC1. The fourth-order valence-electron chi connectivity index (χ4n) is 3.22. The van der Waals surface area contributed by atoms with E-state index in [1.807, 2.05) is 30.3 Å². The molecule has 0 atom stereocenters. The van der Waals surface area contributed by atoms with Crippen molar-refractivity contribution in [3.8, 4) is 0 Å². The van der Waals surface area contributed by atoms with Crippen LogP contribution in [-0.2, 0) is 16.8 Å². The second kappa shape index (κ2) is 6.96. The molecule has 1 saturated carbocycles. The van der Waals surface area contributed by atoms with Crippen molar-refractivity contribution in [3.05, 3.63) is 54.1 Å². The molecule has 1 aromatic carbocycles. The Labute approximate surface area is 136 Å². The van der Waals surface area contributed by atoms with Crippen LogP contribution in [0.5, 0.6) is 0 Å². The molecule has 1 aromatic heterocycles. The van der Waals surface area contributed by atoms with Gasteiger partial charge >= 0.3 is 0 Å². The molecule has 1 heterocycles. The number of hydrogen-bond donors (Lipinski definition) is 3. The molecule has 5 nitrogen and oxygen atoms in total. The van der Waals surface area contributed by atoms with Crippen LogP contribution in [0.2, 0.25) is 0 Å². The quantitative estimate of drug-likeness (QED) is 0.792. The van der Waals surface area contributed by atoms with Gasteiger partial charge in [-0.3, -0.25) is 4.79 Å². The van der Waals surface area contributed by atoms with Crippen LogP contribution in [-0.4, -0.2) is 27.0 Å². The van der Waals surface area contributed by atoms with Gasteiger partial charge in [0, 0.05) is 12.5 Å². The number of aromatic amines is 1. The summed E-state index contributed by atoms with van der Waals surface area (Å²) in [5, 5.41) is 13.7. The molecular weight excluding hydrogens is 290 g/mol. The van der Waals surface area contributed by atoms with E-state index in [1.165, 1.54) is 5.56 Å². The van der Waals surface area contributed by atoms with E-state index in [2.05, 4.69) is 15.3 Å². The summed E-state index contributed by atoms with van der Waals surface area (Å²) in [6, 6.07) is 10.2. The van der Waals surface area contributed by atoms with Gasteiger partial charge in [-0.25, -0.2) is 4.98 Å². The number of rotatable bonds is 5. The molecular formula is C18H23N3O2. The maximum atomic E-state index is 12.1. The number of hydrogen-bond acceptors (Lipinski definition) is 3. The van der Waals surface area contributed by atoms with Crippen LogP contribution in [0, 0.1) is 0 Å². The van der Waals surface area contributed by atoms with Gasteiger partial charge in [0.05, 0.1) is 18.2 Å². The van der Waals surface area contributed by atoms with Crippen molar-refractivity contribution in [1.82, 2.24) is 15.3 Å². The molecule has 0 saturated heterocycles. The van der Waals surface area contributed by atoms with E-state index in [9.17, 15) is 9.90 Å². The highest BCUT2D eigenvalue weighted by molar-refractivity contribution is 5.76. The summed E-state index contributed by atoms with van der Waals surface area (Å²) in [6.07, 6.45) is 7.38. The molecule has 23 heavy (non-hydrogen) atoms. The molecule has 1 amide bonds. The fraction of sp³-hybridized carbons (Fsp3) is 0.444. The predicted octanol–water partition coefficient (Wildman–Crippen LogP) is 2.29. The zero-order valence-corrected chi connectivity index (χ0v) is 13.2. The molecule has 0 bridgehead atoms. The highest BCUT2D eigenvalue weighted by atomic mass is 16.3. The maximum absolute atomic E-state index is 12.1. The van der Waals surface area contributed by atoms with Crippen LogP contribution in [0.15, 0.2) is 42.9 Å². The number of nitrogens with one attached hydrogen (secondary N) is 2. The topological polar surface area (TPSA) is 78.0 Å². The lowest BCUT2D eigenvalue weighted by Crippen LogP contribution is -2.42. The number of amides is 1. The number of aliphatic hydroxyl groups is 1. The van der Waals surface area contributed by atoms with Gasteiger partial charge in [0.15, 0.2) is 0 Å². The fourth-order valence-corrected chi connectivity index (χ4v) is 3.22. The molecule has 3 rings (SSSR count). The molecule has 0 spiro atoms. The Morgan fingerprint density at radius 2 is 2.04 bits per heavy atom. The summed E-state index contributed by atoms with van der Waals surface area (Å²) >= 11 is 0. The zero-order chi connectivity index (χ0) is 16.1. The van der Waals surface area contributed by atoms with E-state index in [-0.39, 0.29) is 11.9 Å². The van der Waals surface area contributed by atoms with Crippen molar-refractivity contribution < 1.29 is 9.90 Å². The number of aryl methyl sites for hydroxylation is 1. The molecule has 1 fully saturated rings. The number of aromatic nitrogens is 2. The van der Waals surface area contributed by atoms with Crippen LogP contribution in [0.4, 0.5) is 0 Å². The van der Waals surface area contributed by atoms with E-state index < -0.39 is 5.60 Å². The standard InChI is InChI=1S/C18H23N3O2/c22-17(7-6-14-4-2-1-3-5-14)21-15-8-10-18(23,11-9-15)16-12-19-13-20-16/h1-5,12-13,15,23H,6-11H2,(H,19,20)(H,21,22). The Hall–Kier alpha value is -2.14. The lowest BCUT2D eigenvalue weighted by Gasteiger charge is -2.35. The number of carbonyl (C=O) groups is 1. The third kappa shape index (κ3) is 3.99. The number of H-pyrrole nitrogens is 1. The highest BCUT2D eigenvalue weighted by Gasteiger charge is 2.36. The van der Waals surface area contributed by atoms with E-state index >= 15 is 0 Å². The van der Waals surface area contributed by atoms with Gasteiger partial charge < -0.3 is 15.4 Å². The minimum absolute atomic E-state index is 0.0887. The summed E-state index contributed by atoms with van der Waals surface area (Å²) < 4.78 is 0. The van der Waals surface area contributed by atoms with E-state index in [0.29, 0.717) is 19.3 Å². The molecule has 2 aromatic rings. The Bertz CT molecular complexity index is 617. The highest BCUT2D eigenvalue weighted by Crippen LogP contribution is 2.35. The first kappa shape index (κ1) is 15.7. The zero-order valence-electron chi connectivity index (χ0n) is 13.2. The van der Waals surface area contributed by atoms with Crippen LogP contribution >= 0.6 is 0 Å². The monoisotopic (exact) mass is 313 g/mol. The Balaban J connectivity index is 1.44. The molecule has 1 aliphatic carbocycles. The van der Waals surface area contributed by atoms with Gasteiger partial charge in [0.1, 0.15) is 5.60 Å². The minimum Gasteiger partial charge on any atom is -0.384 e. The van der Waals surface area contributed by atoms with Crippen LogP contribution in [0.3, 0.4) is 0 Å². The predicted molar refractivity (Wildman–Crippen MR) is 87.6 cm³/mol. The lowest BCUT2D eigenvalue weighted by atomic mass is 9.80.